The fourth-order valence-electron chi connectivity index (χ4n) is 1.39. The van der Waals surface area contributed by atoms with Gasteiger partial charge in [0.1, 0.15) is 0 Å². The summed E-state index contributed by atoms with van der Waals surface area (Å²) in [6.07, 6.45) is 1.72. The lowest BCUT2D eigenvalue weighted by Crippen LogP contribution is -2.17. The summed E-state index contributed by atoms with van der Waals surface area (Å²) in [7, 11) is 0. The minimum Gasteiger partial charge on any atom is -0.272 e. The predicted molar refractivity (Wildman–Crippen MR) is 55.2 cm³/mol. The molecule has 1 aromatic heterocycles. The van der Waals surface area contributed by atoms with E-state index >= 15 is 0 Å². The molecule has 0 unspecified atom stereocenters. The first kappa shape index (κ1) is 8.94. The molecule has 0 N–H and O–H groups in total. The van der Waals surface area contributed by atoms with Gasteiger partial charge in [0.2, 0.25) is 5.91 Å². The zero-order valence-corrected chi connectivity index (χ0v) is 8.27. The number of nitrogens with zero attached hydrogens (tertiary/aromatic N) is 2. The van der Waals surface area contributed by atoms with Gasteiger partial charge < -0.3 is 0 Å². The third kappa shape index (κ3) is 1.31. The molecule has 0 radical (unpaired) electrons. The second kappa shape index (κ2) is 3.25. The zero-order chi connectivity index (χ0) is 10.1. The summed E-state index contributed by atoms with van der Waals surface area (Å²) >= 11 is 0. The molecular weight excluding hydrogens is 176 g/mol. The average Bonchev–Trinajstić information content (AvgIpc) is 2.60. The maximum absolute atomic E-state index is 11.7. The van der Waals surface area contributed by atoms with Gasteiger partial charge in [0.15, 0.2) is 0 Å². The van der Waals surface area contributed by atoms with Crippen LogP contribution in [-0.2, 0) is 0 Å². The largest absolute Gasteiger partial charge is 0.272 e. The van der Waals surface area contributed by atoms with E-state index in [9.17, 15) is 4.79 Å². The smallest absolute Gasteiger partial charge is 0.249 e. The quantitative estimate of drug-likeness (QED) is 0.688. The summed E-state index contributed by atoms with van der Waals surface area (Å²) in [5.41, 5.74) is 0.881. The van der Waals surface area contributed by atoms with Crippen molar-refractivity contribution < 1.29 is 4.79 Å². The van der Waals surface area contributed by atoms with Crippen molar-refractivity contribution in [2.45, 2.75) is 13.8 Å². The number of aromatic nitrogens is 2. The van der Waals surface area contributed by atoms with Crippen LogP contribution in [0.15, 0.2) is 30.5 Å². The van der Waals surface area contributed by atoms with Crippen molar-refractivity contribution in [3.63, 3.8) is 0 Å². The second-order valence-corrected chi connectivity index (χ2v) is 3.61. The van der Waals surface area contributed by atoms with Crippen LogP contribution in [0.5, 0.6) is 0 Å². The van der Waals surface area contributed by atoms with Gasteiger partial charge in [-0.15, -0.1) is 0 Å². The van der Waals surface area contributed by atoms with Crippen LogP contribution in [0.3, 0.4) is 0 Å². The molecule has 0 spiro atoms. The van der Waals surface area contributed by atoms with Gasteiger partial charge in [-0.05, 0) is 6.07 Å². The highest BCUT2D eigenvalue weighted by molar-refractivity contribution is 5.91. The Morgan fingerprint density at radius 1 is 1.36 bits per heavy atom. The molecule has 1 heterocycles. The van der Waals surface area contributed by atoms with Crippen LogP contribution in [0.25, 0.3) is 10.9 Å². The van der Waals surface area contributed by atoms with Crippen LogP contribution in [0, 0.1) is 5.92 Å². The lowest BCUT2D eigenvalue weighted by molar-refractivity contribution is 0.0844. The summed E-state index contributed by atoms with van der Waals surface area (Å²) in [5.74, 6) is 0.00417. The zero-order valence-electron chi connectivity index (χ0n) is 8.27. The van der Waals surface area contributed by atoms with Gasteiger partial charge in [-0.25, -0.2) is 0 Å². The fourth-order valence-corrected chi connectivity index (χ4v) is 1.39. The molecular formula is C11H12N2O. The molecule has 14 heavy (non-hydrogen) atoms. The van der Waals surface area contributed by atoms with E-state index in [1.165, 1.54) is 4.68 Å². The number of carbonyl (C=O) groups is 1. The van der Waals surface area contributed by atoms with Gasteiger partial charge in [0.25, 0.3) is 0 Å². The molecule has 0 aliphatic heterocycles. The van der Waals surface area contributed by atoms with E-state index in [-0.39, 0.29) is 11.8 Å². The molecule has 0 saturated carbocycles. The van der Waals surface area contributed by atoms with Crippen molar-refractivity contribution in [1.82, 2.24) is 9.78 Å². The van der Waals surface area contributed by atoms with E-state index in [2.05, 4.69) is 5.10 Å². The maximum atomic E-state index is 11.7. The monoisotopic (exact) mass is 188 g/mol. The number of fused-ring (bicyclic) bond motifs is 1. The minimum absolute atomic E-state index is 0.0293. The fraction of sp³-hybridized carbons (Fsp3) is 0.273. The summed E-state index contributed by atoms with van der Waals surface area (Å²) in [4.78, 5) is 11.7. The van der Waals surface area contributed by atoms with Crippen molar-refractivity contribution >= 4 is 16.8 Å². The Morgan fingerprint density at radius 3 is 2.79 bits per heavy atom. The Labute approximate surface area is 82.3 Å². The SMILES string of the molecule is CC(C)C(=O)n1ncc2ccccc21. The second-order valence-electron chi connectivity index (χ2n) is 3.61. The van der Waals surface area contributed by atoms with E-state index in [4.69, 9.17) is 0 Å². The summed E-state index contributed by atoms with van der Waals surface area (Å²) < 4.78 is 1.47. The van der Waals surface area contributed by atoms with Crippen LogP contribution in [0.1, 0.15) is 18.6 Å². The summed E-state index contributed by atoms with van der Waals surface area (Å²) in [6, 6.07) is 7.71. The third-order valence-electron chi connectivity index (χ3n) is 2.18. The first-order valence-corrected chi connectivity index (χ1v) is 4.67. The van der Waals surface area contributed by atoms with Gasteiger partial charge in [0, 0.05) is 11.3 Å². The molecule has 3 heteroatoms. The number of para-hydroxylation sites is 1. The van der Waals surface area contributed by atoms with Gasteiger partial charge in [-0.2, -0.15) is 9.78 Å². The normalized spacial score (nSPS) is 11.1. The van der Waals surface area contributed by atoms with Crippen LogP contribution < -0.4 is 0 Å². The Kier molecular flexibility index (Phi) is 2.08. The van der Waals surface area contributed by atoms with Crippen molar-refractivity contribution in [1.29, 1.82) is 0 Å². The van der Waals surface area contributed by atoms with E-state index in [1.54, 1.807) is 6.20 Å². The molecule has 72 valence electrons. The van der Waals surface area contributed by atoms with Gasteiger partial charge in [-0.3, -0.25) is 4.79 Å². The number of hydrogen-bond acceptors (Lipinski definition) is 2. The summed E-state index contributed by atoms with van der Waals surface area (Å²) in [6.45, 7) is 3.75. The van der Waals surface area contributed by atoms with Crippen LogP contribution in [0.4, 0.5) is 0 Å². The number of carbonyl (C=O) groups excluding carboxylic acids is 1. The Hall–Kier alpha value is -1.64. The molecule has 0 fully saturated rings. The number of benzene rings is 1. The molecule has 0 atom stereocenters. The van der Waals surface area contributed by atoms with Gasteiger partial charge in [-0.1, -0.05) is 32.0 Å². The Balaban J connectivity index is 2.58. The molecule has 1 aromatic carbocycles. The van der Waals surface area contributed by atoms with E-state index in [0.717, 1.165) is 10.9 Å². The standard InChI is InChI=1S/C11H12N2O/c1-8(2)11(14)13-10-6-4-3-5-9(10)7-12-13/h3-8H,1-2H3. The Bertz CT molecular complexity index is 471. The molecule has 0 bridgehead atoms. The van der Waals surface area contributed by atoms with E-state index in [0.29, 0.717) is 0 Å². The molecule has 2 rings (SSSR count). The minimum atomic E-state index is -0.0293. The molecule has 0 amide bonds. The number of hydrogen-bond donors (Lipinski definition) is 0. The maximum Gasteiger partial charge on any atom is 0.249 e. The lowest BCUT2D eigenvalue weighted by Gasteiger charge is -2.04. The summed E-state index contributed by atoms with van der Waals surface area (Å²) in [5, 5.41) is 5.08. The lowest BCUT2D eigenvalue weighted by atomic mass is 10.2. The molecule has 3 nitrogen and oxygen atoms in total. The van der Waals surface area contributed by atoms with Crippen LogP contribution >= 0.6 is 0 Å². The van der Waals surface area contributed by atoms with Crippen LogP contribution in [-0.4, -0.2) is 15.7 Å². The predicted octanol–water partition coefficient (Wildman–Crippen LogP) is 2.33. The topological polar surface area (TPSA) is 34.9 Å². The Morgan fingerprint density at radius 2 is 2.07 bits per heavy atom. The highest BCUT2D eigenvalue weighted by Gasteiger charge is 2.12. The first-order valence-electron chi connectivity index (χ1n) is 4.67. The number of rotatable bonds is 1. The average molecular weight is 188 g/mol. The third-order valence-corrected chi connectivity index (χ3v) is 2.18. The van der Waals surface area contributed by atoms with Gasteiger partial charge >= 0.3 is 0 Å². The first-order chi connectivity index (χ1) is 6.70. The van der Waals surface area contributed by atoms with Gasteiger partial charge in [0.05, 0.1) is 11.7 Å². The van der Waals surface area contributed by atoms with Crippen molar-refractivity contribution in [2.75, 3.05) is 0 Å². The van der Waals surface area contributed by atoms with E-state index < -0.39 is 0 Å². The van der Waals surface area contributed by atoms with Crippen molar-refractivity contribution in [2.24, 2.45) is 5.92 Å². The molecule has 0 aliphatic rings. The van der Waals surface area contributed by atoms with Crippen molar-refractivity contribution in [3.8, 4) is 0 Å². The molecule has 0 saturated heterocycles. The highest BCUT2D eigenvalue weighted by atomic mass is 16.2. The van der Waals surface area contributed by atoms with Crippen molar-refractivity contribution in [3.05, 3.63) is 30.5 Å². The molecule has 0 aliphatic carbocycles. The molecule has 2 aromatic rings. The van der Waals surface area contributed by atoms with Crippen LogP contribution in [0.2, 0.25) is 0 Å². The van der Waals surface area contributed by atoms with E-state index in [1.807, 2.05) is 38.1 Å². The highest BCUT2D eigenvalue weighted by Crippen LogP contribution is 2.13.